The fourth-order valence-corrected chi connectivity index (χ4v) is 4.16. The first-order valence-electron chi connectivity index (χ1n) is 9.98. The quantitative estimate of drug-likeness (QED) is 0.628. The van der Waals surface area contributed by atoms with Gasteiger partial charge in [-0.25, -0.2) is 9.78 Å². The highest BCUT2D eigenvalue weighted by Gasteiger charge is 2.25. The number of benzene rings is 2. The van der Waals surface area contributed by atoms with E-state index in [1.165, 1.54) is 0 Å². The number of hydrogen-bond acceptors (Lipinski definition) is 4. The maximum atomic E-state index is 12.4. The van der Waals surface area contributed by atoms with E-state index in [9.17, 15) is 9.90 Å². The van der Waals surface area contributed by atoms with Gasteiger partial charge in [-0.2, -0.15) is 0 Å². The van der Waals surface area contributed by atoms with Crippen molar-refractivity contribution in [1.82, 2.24) is 20.1 Å². The summed E-state index contributed by atoms with van der Waals surface area (Å²) in [5.74, 6) is -0.921. The zero-order chi connectivity index (χ0) is 21.1. The summed E-state index contributed by atoms with van der Waals surface area (Å²) in [6.07, 6.45) is 0. The van der Waals surface area contributed by atoms with Gasteiger partial charge >= 0.3 is 5.97 Å². The molecule has 0 spiro atoms. The molecule has 4 rings (SSSR count). The van der Waals surface area contributed by atoms with E-state index >= 15 is 0 Å². The lowest BCUT2D eigenvalue weighted by atomic mass is 9.96. The third-order valence-corrected chi connectivity index (χ3v) is 5.97. The lowest BCUT2D eigenvalue weighted by molar-refractivity contribution is 0.0696. The average Bonchev–Trinajstić information content (AvgIpc) is 2.79. The van der Waals surface area contributed by atoms with Crippen LogP contribution in [0.3, 0.4) is 0 Å². The zero-order valence-corrected chi connectivity index (χ0v) is 17.7. The maximum absolute atomic E-state index is 12.4. The molecule has 30 heavy (non-hydrogen) atoms. The van der Waals surface area contributed by atoms with E-state index in [1.54, 1.807) is 0 Å². The number of nitrogens with one attached hydrogen (secondary N) is 1. The first kappa shape index (κ1) is 20.3. The van der Waals surface area contributed by atoms with Crippen LogP contribution in [-0.2, 0) is 6.54 Å². The Hall–Kier alpha value is -3.03. The monoisotopic (exact) mass is 420 g/mol. The lowest BCUT2D eigenvalue weighted by Gasteiger charge is -2.36. The average molecular weight is 421 g/mol. The molecule has 1 aromatic heterocycles. The smallest absolute Gasteiger partial charge is 0.336 e. The Kier molecular flexibility index (Phi) is 5.92. The third kappa shape index (κ3) is 3.99. The SMILES string of the molecule is CNC(=S)N1CCN(Cc2c(-c3ccccc3)nc3ccccc3c2C(=O)O)CC1. The Bertz CT molecular complexity index is 1080. The number of aromatic nitrogens is 1. The first-order valence-corrected chi connectivity index (χ1v) is 10.4. The number of para-hydroxylation sites is 1. The molecule has 0 unspecified atom stereocenters. The van der Waals surface area contributed by atoms with Crippen LogP contribution in [0.4, 0.5) is 0 Å². The van der Waals surface area contributed by atoms with Crippen LogP contribution in [0.25, 0.3) is 22.2 Å². The molecule has 0 amide bonds. The Morgan fingerprint density at radius 3 is 2.40 bits per heavy atom. The predicted octanol–water partition coefficient (Wildman–Crippen LogP) is 3.22. The van der Waals surface area contributed by atoms with Gasteiger partial charge in [-0.15, -0.1) is 0 Å². The van der Waals surface area contributed by atoms with Crippen molar-refractivity contribution in [1.29, 1.82) is 0 Å². The molecule has 1 fully saturated rings. The van der Waals surface area contributed by atoms with Crippen LogP contribution in [0.5, 0.6) is 0 Å². The minimum atomic E-state index is -0.921. The first-order chi connectivity index (χ1) is 14.6. The van der Waals surface area contributed by atoms with Gasteiger partial charge < -0.3 is 15.3 Å². The van der Waals surface area contributed by atoms with Crippen LogP contribution >= 0.6 is 12.2 Å². The van der Waals surface area contributed by atoms with Crippen LogP contribution in [0.15, 0.2) is 54.6 Å². The number of carboxylic acid groups (broad SMARTS) is 1. The number of pyridine rings is 1. The normalized spacial score (nSPS) is 14.6. The molecule has 3 aromatic rings. The molecule has 2 heterocycles. The molecule has 0 saturated carbocycles. The molecule has 0 aliphatic carbocycles. The van der Waals surface area contributed by atoms with Crippen molar-refractivity contribution in [2.45, 2.75) is 6.54 Å². The number of carboxylic acids is 1. The van der Waals surface area contributed by atoms with E-state index in [-0.39, 0.29) is 0 Å². The highest BCUT2D eigenvalue weighted by Crippen LogP contribution is 2.31. The van der Waals surface area contributed by atoms with E-state index in [0.717, 1.165) is 48.1 Å². The summed E-state index contributed by atoms with van der Waals surface area (Å²) in [4.78, 5) is 21.7. The Morgan fingerprint density at radius 2 is 1.73 bits per heavy atom. The molecule has 0 radical (unpaired) electrons. The molecule has 1 aliphatic rings. The van der Waals surface area contributed by atoms with E-state index in [4.69, 9.17) is 17.2 Å². The van der Waals surface area contributed by atoms with E-state index in [0.29, 0.717) is 23.0 Å². The number of fused-ring (bicyclic) bond motifs is 1. The lowest BCUT2D eigenvalue weighted by Crippen LogP contribution is -2.50. The van der Waals surface area contributed by atoms with Crippen LogP contribution in [0.2, 0.25) is 0 Å². The minimum Gasteiger partial charge on any atom is -0.478 e. The summed E-state index contributed by atoms with van der Waals surface area (Å²) in [5, 5.41) is 14.6. The highest BCUT2D eigenvalue weighted by molar-refractivity contribution is 7.80. The van der Waals surface area contributed by atoms with Gasteiger partial charge in [0.05, 0.1) is 16.8 Å². The third-order valence-electron chi connectivity index (χ3n) is 5.51. The summed E-state index contributed by atoms with van der Waals surface area (Å²) in [5.41, 5.74) is 3.46. The van der Waals surface area contributed by atoms with E-state index in [1.807, 2.05) is 61.6 Å². The molecule has 1 saturated heterocycles. The van der Waals surface area contributed by atoms with Crippen molar-refractivity contribution >= 4 is 34.2 Å². The second kappa shape index (κ2) is 8.77. The number of rotatable bonds is 4. The van der Waals surface area contributed by atoms with Gasteiger partial charge in [0.2, 0.25) is 0 Å². The van der Waals surface area contributed by atoms with Crippen LogP contribution in [0, 0.1) is 0 Å². The molecule has 1 aliphatic heterocycles. The number of carbonyl (C=O) groups is 1. The summed E-state index contributed by atoms with van der Waals surface area (Å²) >= 11 is 5.34. The molecular weight excluding hydrogens is 396 g/mol. The fraction of sp³-hybridized carbons (Fsp3) is 0.261. The molecular formula is C23H24N4O2S. The second-order valence-corrected chi connectivity index (χ2v) is 7.71. The predicted molar refractivity (Wildman–Crippen MR) is 123 cm³/mol. The van der Waals surface area contributed by atoms with Crippen molar-refractivity contribution in [3.05, 3.63) is 65.7 Å². The molecule has 2 aromatic carbocycles. The van der Waals surface area contributed by atoms with Gasteiger partial charge in [0.15, 0.2) is 5.11 Å². The standard InChI is InChI=1S/C23H24N4O2S/c1-24-23(30)27-13-11-26(12-14-27)15-18-20(22(28)29)17-9-5-6-10-19(17)25-21(18)16-7-3-2-4-8-16/h2-10H,11-15H2,1H3,(H,24,30)(H,28,29). The fourth-order valence-electron chi connectivity index (χ4n) is 3.98. The van der Waals surface area contributed by atoms with Gasteiger partial charge in [-0.1, -0.05) is 48.5 Å². The van der Waals surface area contributed by atoms with E-state index < -0.39 is 5.97 Å². The summed E-state index contributed by atoms with van der Waals surface area (Å²) in [6, 6.07) is 17.3. The number of nitrogens with zero attached hydrogens (tertiary/aromatic N) is 3. The molecule has 0 atom stereocenters. The molecule has 2 N–H and O–H groups in total. The number of piperazine rings is 1. The second-order valence-electron chi connectivity index (χ2n) is 7.32. The number of aromatic carboxylic acids is 1. The van der Waals surface area contributed by atoms with Gasteiger partial charge in [0.1, 0.15) is 0 Å². The van der Waals surface area contributed by atoms with Crippen molar-refractivity contribution < 1.29 is 9.90 Å². The van der Waals surface area contributed by atoms with Crippen molar-refractivity contribution in [2.75, 3.05) is 33.2 Å². The Balaban J connectivity index is 1.77. The molecule has 7 heteroatoms. The van der Waals surface area contributed by atoms with Crippen molar-refractivity contribution in [2.24, 2.45) is 0 Å². The maximum Gasteiger partial charge on any atom is 0.336 e. The summed E-state index contributed by atoms with van der Waals surface area (Å²) < 4.78 is 0. The Labute approximate surface area is 181 Å². The minimum absolute atomic E-state index is 0.340. The van der Waals surface area contributed by atoms with Gasteiger partial charge in [-0.05, 0) is 18.3 Å². The van der Waals surface area contributed by atoms with E-state index in [2.05, 4.69) is 15.1 Å². The van der Waals surface area contributed by atoms with Crippen LogP contribution in [-0.4, -0.2) is 64.2 Å². The molecule has 0 bridgehead atoms. The van der Waals surface area contributed by atoms with Crippen molar-refractivity contribution in [3.8, 4) is 11.3 Å². The number of hydrogen-bond donors (Lipinski definition) is 2. The highest BCUT2D eigenvalue weighted by atomic mass is 32.1. The van der Waals surface area contributed by atoms with Crippen LogP contribution < -0.4 is 5.32 Å². The summed E-state index contributed by atoms with van der Waals surface area (Å²) in [7, 11) is 1.83. The molecule has 6 nitrogen and oxygen atoms in total. The largest absolute Gasteiger partial charge is 0.478 e. The summed E-state index contributed by atoms with van der Waals surface area (Å²) in [6.45, 7) is 3.77. The van der Waals surface area contributed by atoms with Gasteiger partial charge in [-0.3, -0.25) is 4.90 Å². The van der Waals surface area contributed by atoms with Crippen molar-refractivity contribution in [3.63, 3.8) is 0 Å². The van der Waals surface area contributed by atoms with Gasteiger partial charge in [0.25, 0.3) is 0 Å². The topological polar surface area (TPSA) is 68.7 Å². The zero-order valence-electron chi connectivity index (χ0n) is 16.8. The molecule has 154 valence electrons. The van der Waals surface area contributed by atoms with Crippen LogP contribution in [0.1, 0.15) is 15.9 Å². The Morgan fingerprint density at radius 1 is 1.07 bits per heavy atom. The van der Waals surface area contributed by atoms with Gasteiger partial charge in [0, 0.05) is 56.3 Å². The number of thiocarbonyl (C=S) groups is 1.